The molecule has 0 aliphatic rings. The fourth-order valence-corrected chi connectivity index (χ4v) is 4.06. The number of aromatic nitrogens is 3. The number of nitrogens with zero attached hydrogens (tertiary/aromatic N) is 4. The summed E-state index contributed by atoms with van der Waals surface area (Å²) in [5.74, 6) is 0.937. The van der Waals surface area contributed by atoms with Crippen LogP contribution in [0.5, 0.6) is 5.75 Å². The van der Waals surface area contributed by atoms with Gasteiger partial charge in [-0.25, -0.2) is 0 Å². The fraction of sp³-hybridized carbons (Fsp3) is 0.0870. The maximum absolute atomic E-state index is 12.6. The second-order valence-corrected chi connectivity index (χ2v) is 8.31. The van der Waals surface area contributed by atoms with Crippen molar-refractivity contribution in [3.8, 4) is 22.8 Å². The van der Waals surface area contributed by atoms with Crippen molar-refractivity contribution < 1.29 is 14.5 Å². The highest BCUT2D eigenvalue weighted by molar-refractivity contribution is 7.99. The van der Waals surface area contributed by atoms with Gasteiger partial charge in [0.15, 0.2) is 11.0 Å². The predicted octanol–water partition coefficient (Wildman–Crippen LogP) is 5.24. The number of benzene rings is 3. The van der Waals surface area contributed by atoms with Gasteiger partial charge < -0.3 is 10.1 Å². The molecule has 172 valence electrons. The number of thioether (sulfide) groups is 1. The summed E-state index contributed by atoms with van der Waals surface area (Å²) in [6.45, 7) is 0. The van der Waals surface area contributed by atoms with Crippen molar-refractivity contribution in [1.29, 1.82) is 0 Å². The van der Waals surface area contributed by atoms with Crippen LogP contribution in [0.1, 0.15) is 0 Å². The molecule has 1 aromatic heterocycles. The molecule has 34 heavy (non-hydrogen) atoms. The van der Waals surface area contributed by atoms with Crippen LogP contribution in [0, 0.1) is 10.1 Å². The van der Waals surface area contributed by atoms with Gasteiger partial charge in [0.2, 0.25) is 5.91 Å². The first-order valence-electron chi connectivity index (χ1n) is 9.98. The van der Waals surface area contributed by atoms with Gasteiger partial charge in [0.25, 0.3) is 5.69 Å². The lowest BCUT2D eigenvalue weighted by Gasteiger charge is -2.11. The third-order valence-corrected chi connectivity index (χ3v) is 6.02. The lowest BCUT2D eigenvalue weighted by molar-refractivity contribution is -0.384. The molecule has 9 nitrogen and oxygen atoms in total. The minimum absolute atomic E-state index is 0.00734. The number of non-ortho nitro benzene ring substituents is 1. The number of anilines is 1. The smallest absolute Gasteiger partial charge is 0.271 e. The van der Waals surface area contributed by atoms with Gasteiger partial charge in [0.05, 0.1) is 28.5 Å². The number of hydrogen-bond acceptors (Lipinski definition) is 7. The molecule has 1 heterocycles. The molecule has 1 N–H and O–H groups in total. The number of ether oxygens (including phenoxy) is 1. The van der Waals surface area contributed by atoms with Crippen molar-refractivity contribution in [1.82, 2.24) is 14.8 Å². The molecule has 0 bridgehead atoms. The molecule has 11 heteroatoms. The molecule has 0 atom stereocenters. The van der Waals surface area contributed by atoms with Crippen LogP contribution in [0.25, 0.3) is 17.1 Å². The lowest BCUT2D eigenvalue weighted by atomic mass is 10.2. The van der Waals surface area contributed by atoms with Crippen molar-refractivity contribution in [2.45, 2.75) is 5.16 Å². The molecule has 0 aliphatic heterocycles. The Labute approximate surface area is 203 Å². The molecular formula is C23H18ClN5O4S. The van der Waals surface area contributed by atoms with E-state index in [1.54, 1.807) is 7.11 Å². The maximum Gasteiger partial charge on any atom is 0.271 e. The number of nitro benzene ring substituents is 1. The number of nitrogens with one attached hydrogen (secondary N) is 1. The van der Waals surface area contributed by atoms with Crippen molar-refractivity contribution in [3.63, 3.8) is 0 Å². The molecule has 3 aromatic carbocycles. The molecule has 0 saturated carbocycles. The van der Waals surface area contributed by atoms with Gasteiger partial charge in [-0.3, -0.25) is 19.5 Å². The largest absolute Gasteiger partial charge is 0.497 e. The summed E-state index contributed by atoms with van der Waals surface area (Å²) < 4.78 is 7.09. The molecule has 0 fully saturated rings. The first-order valence-corrected chi connectivity index (χ1v) is 11.3. The molecule has 4 rings (SSSR count). The second kappa shape index (κ2) is 10.4. The Hall–Kier alpha value is -3.89. The number of rotatable bonds is 8. The first kappa shape index (κ1) is 23.3. The third kappa shape index (κ3) is 5.19. The van der Waals surface area contributed by atoms with E-state index in [1.165, 1.54) is 30.0 Å². The molecule has 0 unspecified atom stereocenters. The molecule has 0 aliphatic carbocycles. The summed E-state index contributed by atoms with van der Waals surface area (Å²) in [5.41, 5.74) is 1.67. The van der Waals surface area contributed by atoms with E-state index in [2.05, 4.69) is 15.5 Å². The number of methoxy groups -OCH3 is 1. The lowest BCUT2D eigenvalue weighted by Crippen LogP contribution is -2.15. The van der Waals surface area contributed by atoms with Crippen LogP contribution >= 0.6 is 23.4 Å². The van der Waals surface area contributed by atoms with Crippen molar-refractivity contribution >= 4 is 40.6 Å². The SMILES string of the molecule is COc1ccc(-c2nnc(SCC(=O)Nc3cc([N+](=O)[O-])ccc3Cl)n2-c2ccccc2)cc1. The number of carbonyl (C=O) groups is 1. The molecule has 0 radical (unpaired) electrons. The Kier molecular flexibility index (Phi) is 7.09. The number of hydrogen-bond donors (Lipinski definition) is 1. The van der Waals surface area contributed by atoms with E-state index in [0.29, 0.717) is 11.0 Å². The topological polar surface area (TPSA) is 112 Å². The van der Waals surface area contributed by atoms with Crippen LogP contribution in [-0.4, -0.2) is 38.5 Å². The number of amides is 1. The van der Waals surface area contributed by atoms with E-state index in [4.69, 9.17) is 16.3 Å². The van der Waals surface area contributed by atoms with Crippen LogP contribution in [-0.2, 0) is 4.79 Å². The van der Waals surface area contributed by atoms with E-state index in [9.17, 15) is 14.9 Å². The molecule has 4 aromatic rings. The number of nitro groups is 1. The number of halogens is 1. The van der Waals surface area contributed by atoms with Crippen LogP contribution in [0.15, 0.2) is 78.0 Å². The van der Waals surface area contributed by atoms with Gasteiger partial charge in [-0.15, -0.1) is 10.2 Å². The van der Waals surface area contributed by atoms with E-state index in [0.717, 1.165) is 17.0 Å². The van der Waals surface area contributed by atoms with E-state index in [-0.39, 0.29) is 28.1 Å². The Morgan fingerprint density at radius 2 is 1.85 bits per heavy atom. The summed E-state index contributed by atoms with van der Waals surface area (Å²) in [6, 6.07) is 20.9. The standard InChI is InChI=1S/C23H18ClN5O4S/c1-33-18-10-7-15(8-11-18)22-26-27-23(28(22)16-5-3-2-4-6-16)34-14-21(30)25-20-13-17(29(31)32)9-12-19(20)24/h2-13H,14H2,1H3,(H,25,30). The predicted molar refractivity (Wildman–Crippen MR) is 131 cm³/mol. The zero-order valence-electron chi connectivity index (χ0n) is 17.8. The maximum atomic E-state index is 12.6. The zero-order chi connectivity index (χ0) is 24.1. The highest BCUT2D eigenvalue weighted by Gasteiger charge is 2.18. The molecule has 0 spiro atoms. The fourth-order valence-electron chi connectivity index (χ4n) is 3.14. The number of para-hydroxylation sites is 1. The summed E-state index contributed by atoms with van der Waals surface area (Å²) in [5, 5.41) is 23.0. The van der Waals surface area contributed by atoms with Gasteiger partial charge in [-0.05, 0) is 42.5 Å². The molecule has 0 saturated heterocycles. The molecular weight excluding hydrogens is 478 g/mol. The summed E-state index contributed by atoms with van der Waals surface area (Å²) in [6.07, 6.45) is 0. The highest BCUT2D eigenvalue weighted by Crippen LogP contribution is 2.30. The Morgan fingerprint density at radius 1 is 1.12 bits per heavy atom. The van der Waals surface area contributed by atoms with Gasteiger partial charge in [-0.2, -0.15) is 0 Å². The van der Waals surface area contributed by atoms with Crippen LogP contribution < -0.4 is 10.1 Å². The Morgan fingerprint density at radius 3 is 2.53 bits per heavy atom. The van der Waals surface area contributed by atoms with Crippen LogP contribution in [0.3, 0.4) is 0 Å². The third-order valence-electron chi connectivity index (χ3n) is 4.76. The van der Waals surface area contributed by atoms with Gasteiger partial charge >= 0.3 is 0 Å². The average molecular weight is 496 g/mol. The van der Waals surface area contributed by atoms with Crippen molar-refractivity contribution in [3.05, 3.63) is 87.9 Å². The van der Waals surface area contributed by atoms with E-state index in [1.807, 2.05) is 59.2 Å². The number of carbonyl (C=O) groups excluding carboxylic acids is 1. The average Bonchev–Trinajstić information content (AvgIpc) is 3.28. The molecule has 1 amide bonds. The monoisotopic (exact) mass is 495 g/mol. The van der Waals surface area contributed by atoms with Gasteiger partial charge in [-0.1, -0.05) is 41.6 Å². The summed E-state index contributed by atoms with van der Waals surface area (Å²) in [7, 11) is 1.60. The van der Waals surface area contributed by atoms with E-state index >= 15 is 0 Å². The second-order valence-electron chi connectivity index (χ2n) is 6.96. The van der Waals surface area contributed by atoms with E-state index < -0.39 is 4.92 Å². The van der Waals surface area contributed by atoms with Crippen molar-refractivity contribution in [2.75, 3.05) is 18.2 Å². The quantitative estimate of drug-likeness (QED) is 0.202. The van der Waals surface area contributed by atoms with Gasteiger partial charge in [0.1, 0.15) is 5.75 Å². The zero-order valence-corrected chi connectivity index (χ0v) is 19.4. The van der Waals surface area contributed by atoms with Gasteiger partial charge in [0, 0.05) is 23.4 Å². The minimum atomic E-state index is -0.552. The first-order chi connectivity index (χ1) is 16.5. The Bertz CT molecular complexity index is 1330. The van der Waals surface area contributed by atoms with Crippen LogP contribution in [0.4, 0.5) is 11.4 Å². The normalized spacial score (nSPS) is 10.6. The Balaban J connectivity index is 1.57. The van der Waals surface area contributed by atoms with Crippen LogP contribution in [0.2, 0.25) is 5.02 Å². The summed E-state index contributed by atoms with van der Waals surface area (Å²) >= 11 is 7.27. The highest BCUT2D eigenvalue weighted by atomic mass is 35.5. The minimum Gasteiger partial charge on any atom is -0.497 e. The van der Waals surface area contributed by atoms with Crippen molar-refractivity contribution in [2.24, 2.45) is 0 Å². The summed E-state index contributed by atoms with van der Waals surface area (Å²) in [4.78, 5) is 23.0.